The third-order valence-electron chi connectivity index (χ3n) is 4.77. The molecule has 2 aliphatic rings. The second kappa shape index (κ2) is 5.77. The SMILES string of the molecule is CCCCCCC1c2ccccc2C2C=CC=CC21. The van der Waals surface area contributed by atoms with E-state index in [-0.39, 0.29) is 0 Å². The average molecular weight is 252 g/mol. The molecule has 0 aromatic heterocycles. The third kappa shape index (κ3) is 2.41. The Morgan fingerprint density at radius 1 is 0.895 bits per heavy atom. The van der Waals surface area contributed by atoms with Crippen LogP contribution in [0, 0.1) is 5.92 Å². The quantitative estimate of drug-likeness (QED) is 0.600. The molecule has 0 aliphatic heterocycles. The van der Waals surface area contributed by atoms with Crippen molar-refractivity contribution in [2.24, 2.45) is 5.92 Å². The van der Waals surface area contributed by atoms with Crippen molar-refractivity contribution in [3.8, 4) is 0 Å². The first-order valence-corrected chi connectivity index (χ1v) is 7.85. The highest BCUT2D eigenvalue weighted by Gasteiger charge is 2.37. The molecule has 1 aromatic rings. The zero-order chi connectivity index (χ0) is 13.1. The number of unbranched alkanes of at least 4 members (excludes halogenated alkanes) is 3. The lowest BCUT2D eigenvalue weighted by atomic mass is 9.81. The van der Waals surface area contributed by atoms with Gasteiger partial charge in [0.25, 0.3) is 0 Å². The molecule has 1 aromatic carbocycles. The molecule has 0 nitrogen and oxygen atoms in total. The molecule has 3 atom stereocenters. The van der Waals surface area contributed by atoms with Gasteiger partial charge in [0.15, 0.2) is 0 Å². The molecule has 0 fully saturated rings. The van der Waals surface area contributed by atoms with Crippen molar-refractivity contribution in [1.29, 1.82) is 0 Å². The van der Waals surface area contributed by atoms with Crippen LogP contribution in [-0.2, 0) is 0 Å². The van der Waals surface area contributed by atoms with Crippen LogP contribution in [-0.4, -0.2) is 0 Å². The topological polar surface area (TPSA) is 0 Å². The Balaban J connectivity index is 1.79. The molecule has 3 unspecified atom stereocenters. The molecule has 19 heavy (non-hydrogen) atoms. The molecule has 0 radical (unpaired) electrons. The maximum Gasteiger partial charge on any atom is 0.00927 e. The summed E-state index contributed by atoms with van der Waals surface area (Å²) in [4.78, 5) is 0. The first-order valence-electron chi connectivity index (χ1n) is 7.85. The van der Waals surface area contributed by atoms with Crippen molar-refractivity contribution >= 4 is 0 Å². The number of benzene rings is 1. The summed E-state index contributed by atoms with van der Waals surface area (Å²) in [6.07, 6.45) is 16.2. The summed E-state index contributed by atoms with van der Waals surface area (Å²) in [7, 11) is 0. The largest absolute Gasteiger partial charge is 0.0799 e. The molecular weight excluding hydrogens is 228 g/mol. The van der Waals surface area contributed by atoms with Gasteiger partial charge in [-0.15, -0.1) is 0 Å². The van der Waals surface area contributed by atoms with Gasteiger partial charge in [0, 0.05) is 5.92 Å². The van der Waals surface area contributed by atoms with Crippen LogP contribution in [0.2, 0.25) is 0 Å². The van der Waals surface area contributed by atoms with Crippen LogP contribution in [0.1, 0.15) is 62.0 Å². The second-order valence-corrected chi connectivity index (χ2v) is 5.96. The number of hydrogen-bond acceptors (Lipinski definition) is 0. The Bertz CT molecular complexity index is 481. The maximum absolute atomic E-state index is 2.44. The van der Waals surface area contributed by atoms with Crippen LogP contribution in [0.15, 0.2) is 48.6 Å². The third-order valence-corrected chi connectivity index (χ3v) is 4.77. The lowest BCUT2D eigenvalue weighted by Gasteiger charge is -2.22. The fourth-order valence-electron chi connectivity index (χ4n) is 3.82. The minimum absolute atomic E-state index is 0.636. The molecular formula is C19H24. The average Bonchev–Trinajstić information content (AvgIpc) is 2.78. The molecule has 0 heterocycles. The van der Waals surface area contributed by atoms with E-state index in [1.165, 1.54) is 32.1 Å². The normalized spacial score (nSPS) is 27.3. The number of fused-ring (bicyclic) bond motifs is 3. The van der Waals surface area contributed by atoms with E-state index in [2.05, 4.69) is 55.5 Å². The number of hydrogen-bond donors (Lipinski definition) is 0. The van der Waals surface area contributed by atoms with Crippen LogP contribution in [0.5, 0.6) is 0 Å². The molecule has 0 spiro atoms. The lowest BCUT2D eigenvalue weighted by molar-refractivity contribution is 0.459. The van der Waals surface area contributed by atoms with Gasteiger partial charge in [-0.1, -0.05) is 81.2 Å². The Kier molecular flexibility index (Phi) is 3.87. The summed E-state index contributed by atoms with van der Waals surface area (Å²) in [6, 6.07) is 9.10. The van der Waals surface area contributed by atoms with Gasteiger partial charge >= 0.3 is 0 Å². The van der Waals surface area contributed by atoms with Crippen molar-refractivity contribution in [3.63, 3.8) is 0 Å². The molecule has 0 saturated carbocycles. The highest BCUT2D eigenvalue weighted by molar-refractivity contribution is 5.46. The van der Waals surface area contributed by atoms with Crippen molar-refractivity contribution < 1.29 is 0 Å². The van der Waals surface area contributed by atoms with E-state index in [1.807, 2.05) is 0 Å². The molecule has 0 bridgehead atoms. The smallest absolute Gasteiger partial charge is 0.00927 e. The molecule has 0 heteroatoms. The fourth-order valence-corrected chi connectivity index (χ4v) is 3.82. The summed E-state index contributed by atoms with van der Waals surface area (Å²) in [6.45, 7) is 2.29. The zero-order valence-corrected chi connectivity index (χ0v) is 11.9. The van der Waals surface area contributed by atoms with Gasteiger partial charge in [0.05, 0.1) is 0 Å². The zero-order valence-electron chi connectivity index (χ0n) is 11.9. The van der Waals surface area contributed by atoms with Gasteiger partial charge in [-0.25, -0.2) is 0 Å². The summed E-state index contributed by atoms with van der Waals surface area (Å²) in [5.74, 6) is 2.10. The monoisotopic (exact) mass is 252 g/mol. The van der Waals surface area contributed by atoms with Crippen LogP contribution in [0.3, 0.4) is 0 Å². The van der Waals surface area contributed by atoms with Crippen LogP contribution in [0.4, 0.5) is 0 Å². The van der Waals surface area contributed by atoms with Crippen molar-refractivity contribution in [2.75, 3.05) is 0 Å². The van der Waals surface area contributed by atoms with Crippen molar-refractivity contribution in [3.05, 3.63) is 59.7 Å². The van der Waals surface area contributed by atoms with Crippen LogP contribution >= 0.6 is 0 Å². The molecule has 3 rings (SSSR count). The molecule has 0 amide bonds. The molecule has 0 N–H and O–H groups in total. The summed E-state index contributed by atoms with van der Waals surface area (Å²) in [5.41, 5.74) is 3.19. The standard InChI is InChI=1S/C19H24/c1-2-3-4-5-10-15-16-11-6-8-13-18(16)19-14-9-7-12-17(15)19/h6-9,11-16,18H,2-5,10H2,1H3. The Morgan fingerprint density at radius 2 is 1.68 bits per heavy atom. The van der Waals surface area contributed by atoms with E-state index < -0.39 is 0 Å². The predicted octanol–water partition coefficient (Wildman–Crippen LogP) is 5.58. The minimum Gasteiger partial charge on any atom is -0.0799 e. The van der Waals surface area contributed by atoms with E-state index in [0.717, 1.165) is 5.92 Å². The van der Waals surface area contributed by atoms with Crippen LogP contribution in [0.25, 0.3) is 0 Å². The fraction of sp³-hybridized carbons (Fsp3) is 0.474. The van der Waals surface area contributed by atoms with Crippen LogP contribution < -0.4 is 0 Å². The van der Waals surface area contributed by atoms with Gasteiger partial charge in [-0.2, -0.15) is 0 Å². The predicted molar refractivity (Wildman–Crippen MR) is 82.5 cm³/mol. The molecule has 2 aliphatic carbocycles. The maximum atomic E-state index is 2.44. The summed E-state index contributed by atoms with van der Waals surface area (Å²) in [5, 5.41) is 0. The highest BCUT2D eigenvalue weighted by atomic mass is 14.4. The summed E-state index contributed by atoms with van der Waals surface area (Å²) < 4.78 is 0. The number of allylic oxidation sites excluding steroid dienone is 4. The second-order valence-electron chi connectivity index (χ2n) is 5.96. The lowest BCUT2D eigenvalue weighted by Crippen LogP contribution is -2.10. The first kappa shape index (κ1) is 12.7. The van der Waals surface area contributed by atoms with Gasteiger partial charge < -0.3 is 0 Å². The van der Waals surface area contributed by atoms with Crippen molar-refractivity contribution in [1.82, 2.24) is 0 Å². The van der Waals surface area contributed by atoms with E-state index in [1.54, 1.807) is 11.1 Å². The Labute approximate surface area is 117 Å². The van der Waals surface area contributed by atoms with Gasteiger partial charge in [0.1, 0.15) is 0 Å². The summed E-state index contributed by atoms with van der Waals surface area (Å²) >= 11 is 0. The first-order chi connectivity index (χ1) is 9.42. The minimum atomic E-state index is 0.636. The van der Waals surface area contributed by atoms with E-state index >= 15 is 0 Å². The van der Waals surface area contributed by atoms with Gasteiger partial charge in [-0.3, -0.25) is 0 Å². The van der Waals surface area contributed by atoms with Gasteiger partial charge in [0.2, 0.25) is 0 Å². The van der Waals surface area contributed by atoms with E-state index in [4.69, 9.17) is 0 Å². The van der Waals surface area contributed by atoms with Gasteiger partial charge in [-0.05, 0) is 29.4 Å². The highest BCUT2D eigenvalue weighted by Crippen LogP contribution is 2.51. The number of rotatable bonds is 5. The van der Waals surface area contributed by atoms with E-state index in [9.17, 15) is 0 Å². The van der Waals surface area contributed by atoms with E-state index in [0.29, 0.717) is 11.8 Å². The Hall–Kier alpha value is -1.30. The van der Waals surface area contributed by atoms with Crippen molar-refractivity contribution in [2.45, 2.75) is 50.9 Å². The molecule has 0 saturated heterocycles. The molecule has 100 valence electrons. The Morgan fingerprint density at radius 3 is 2.53 bits per heavy atom.